The first-order valence-electron chi connectivity index (χ1n) is 7.29. The van der Waals surface area contributed by atoms with Crippen molar-refractivity contribution in [1.29, 1.82) is 5.26 Å². The molecule has 4 heteroatoms. The van der Waals surface area contributed by atoms with Gasteiger partial charge >= 0.3 is 0 Å². The second kappa shape index (κ2) is 6.27. The number of H-pyrrole nitrogens is 1. The van der Waals surface area contributed by atoms with Gasteiger partial charge in [-0.1, -0.05) is 54.7 Å². The Kier molecular flexibility index (Phi) is 4.19. The first kappa shape index (κ1) is 14.7. The van der Waals surface area contributed by atoms with Crippen LogP contribution in [0.3, 0.4) is 0 Å². The van der Waals surface area contributed by atoms with E-state index in [0.717, 1.165) is 36.3 Å². The van der Waals surface area contributed by atoms with Crippen LogP contribution in [0.25, 0.3) is 12.2 Å². The van der Waals surface area contributed by atoms with Gasteiger partial charge in [-0.15, -0.1) is 0 Å². The van der Waals surface area contributed by atoms with E-state index in [-0.39, 0.29) is 0 Å². The van der Waals surface area contributed by atoms with Crippen molar-refractivity contribution in [3.63, 3.8) is 0 Å². The Morgan fingerprint density at radius 1 is 1.27 bits per heavy atom. The number of aromatic nitrogens is 1. The van der Waals surface area contributed by atoms with Crippen molar-refractivity contribution in [3.05, 3.63) is 62.9 Å². The van der Waals surface area contributed by atoms with Crippen molar-refractivity contribution >= 4 is 24.4 Å². The molecule has 1 aromatic carbocycles. The average Bonchev–Trinajstić information content (AvgIpc) is 2.54. The molecule has 3 nitrogen and oxygen atoms in total. The molecular weight excluding hydrogens is 290 g/mol. The number of benzene rings is 1. The van der Waals surface area contributed by atoms with E-state index in [1.165, 1.54) is 5.56 Å². The zero-order valence-corrected chi connectivity index (χ0v) is 13.3. The summed E-state index contributed by atoms with van der Waals surface area (Å²) in [5.41, 5.74) is 4.98. The van der Waals surface area contributed by atoms with Crippen LogP contribution in [-0.4, -0.2) is 23.5 Å². The summed E-state index contributed by atoms with van der Waals surface area (Å²) in [5.74, 6) is 0. The Labute approximate surface area is 135 Å². The molecule has 1 aliphatic heterocycles. The number of hydrogen-bond donors (Lipinski definition) is 1. The van der Waals surface area contributed by atoms with Gasteiger partial charge in [-0.05, 0) is 18.2 Å². The first-order valence-corrected chi connectivity index (χ1v) is 7.69. The molecule has 1 aliphatic rings. The Balaban J connectivity index is 2.13. The molecule has 2 heterocycles. The highest BCUT2D eigenvalue weighted by molar-refractivity contribution is 7.71. The lowest BCUT2D eigenvalue weighted by Crippen LogP contribution is -2.28. The van der Waals surface area contributed by atoms with Gasteiger partial charge in [0.1, 0.15) is 10.7 Å². The summed E-state index contributed by atoms with van der Waals surface area (Å²) in [6.45, 7) is 1.84. The molecule has 0 atom stereocenters. The van der Waals surface area contributed by atoms with Crippen LogP contribution in [0, 0.1) is 16.0 Å². The SMILES string of the molecule is CN1CCc2[nH]c(=S)c(C#N)c(/C=C/c3ccccc3)c2C1. The topological polar surface area (TPSA) is 42.8 Å². The number of nitrogens with one attached hydrogen (secondary N) is 1. The lowest BCUT2D eigenvalue weighted by molar-refractivity contribution is 0.309. The molecule has 1 aromatic heterocycles. The first-order chi connectivity index (χ1) is 10.7. The van der Waals surface area contributed by atoms with Crippen molar-refractivity contribution in [2.24, 2.45) is 0 Å². The largest absolute Gasteiger partial charge is 0.349 e. The average molecular weight is 307 g/mol. The minimum atomic E-state index is 0.540. The van der Waals surface area contributed by atoms with Gasteiger partial charge in [-0.2, -0.15) is 5.26 Å². The zero-order valence-electron chi connectivity index (χ0n) is 12.5. The number of nitriles is 1. The quantitative estimate of drug-likeness (QED) is 0.859. The van der Waals surface area contributed by atoms with E-state index in [2.05, 4.69) is 23.0 Å². The predicted octanol–water partition coefficient (Wildman–Crippen LogP) is 3.77. The van der Waals surface area contributed by atoms with E-state index in [4.69, 9.17) is 12.2 Å². The van der Waals surface area contributed by atoms with Crippen LogP contribution in [0.4, 0.5) is 0 Å². The second-order valence-corrected chi connectivity index (χ2v) is 5.95. The van der Waals surface area contributed by atoms with Crippen molar-refractivity contribution in [3.8, 4) is 6.07 Å². The zero-order chi connectivity index (χ0) is 15.5. The Morgan fingerprint density at radius 2 is 2.05 bits per heavy atom. The van der Waals surface area contributed by atoms with Crippen molar-refractivity contribution in [2.75, 3.05) is 13.6 Å². The summed E-state index contributed by atoms with van der Waals surface area (Å²) in [6.07, 6.45) is 5.00. The van der Waals surface area contributed by atoms with Crippen LogP contribution in [0.1, 0.15) is 27.9 Å². The standard InChI is InChI=1S/C18H17N3S/c1-21-10-9-17-16(12-21)14(15(11-19)18(22)20-17)8-7-13-5-3-2-4-6-13/h2-8H,9-10,12H2,1H3,(H,20,22)/b8-7+. The summed E-state index contributed by atoms with van der Waals surface area (Å²) in [6, 6.07) is 12.4. The fourth-order valence-corrected chi connectivity index (χ4v) is 3.07. The van der Waals surface area contributed by atoms with E-state index >= 15 is 0 Å². The summed E-state index contributed by atoms with van der Waals surface area (Å²) in [5, 5.41) is 9.48. The fourth-order valence-electron chi connectivity index (χ4n) is 2.80. The second-order valence-electron chi connectivity index (χ2n) is 5.54. The van der Waals surface area contributed by atoms with E-state index in [9.17, 15) is 5.26 Å². The summed E-state index contributed by atoms with van der Waals surface area (Å²) in [4.78, 5) is 5.50. The van der Waals surface area contributed by atoms with Gasteiger partial charge < -0.3 is 9.88 Å². The molecule has 0 unspecified atom stereocenters. The van der Waals surface area contributed by atoms with Gasteiger partial charge in [-0.25, -0.2) is 0 Å². The summed E-state index contributed by atoms with van der Waals surface area (Å²) >= 11 is 5.36. The van der Waals surface area contributed by atoms with Gasteiger partial charge in [0.25, 0.3) is 0 Å². The Hall–Kier alpha value is -2.22. The number of rotatable bonds is 2. The van der Waals surface area contributed by atoms with E-state index in [1.54, 1.807) is 0 Å². The molecule has 0 spiro atoms. The number of nitrogens with zero attached hydrogens (tertiary/aromatic N) is 2. The highest BCUT2D eigenvalue weighted by atomic mass is 32.1. The van der Waals surface area contributed by atoms with Crippen LogP contribution < -0.4 is 0 Å². The van der Waals surface area contributed by atoms with Crippen molar-refractivity contribution in [1.82, 2.24) is 9.88 Å². The molecule has 0 fully saturated rings. The molecule has 0 amide bonds. The van der Waals surface area contributed by atoms with Crippen LogP contribution >= 0.6 is 12.2 Å². The summed E-state index contributed by atoms with van der Waals surface area (Å²) < 4.78 is 0.540. The maximum absolute atomic E-state index is 9.48. The molecule has 110 valence electrons. The van der Waals surface area contributed by atoms with Gasteiger partial charge in [0, 0.05) is 30.8 Å². The highest BCUT2D eigenvalue weighted by Gasteiger charge is 2.19. The van der Waals surface area contributed by atoms with Gasteiger partial charge in [-0.3, -0.25) is 0 Å². The summed E-state index contributed by atoms with van der Waals surface area (Å²) in [7, 11) is 2.10. The third kappa shape index (κ3) is 2.87. The van der Waals surface area contributed by atoms with Crippen molar-refractivity contribution in [2.45, 2.75) is 13.0 Å². The lowest BCUT2D eigenvalue weighted by Gasteiger charge is -2.26. The highest BCUT2D eigenvalue weighted by Crippen LogP contribution is 2.25. The molecule has 0 bridgehead atoms. The molecule has 0 radical (unpaired) electrons. The third-order valence-electron chi connectivity index (χ3n) is 3.98. The maximum atomic E-state index is 9.48. The number of hydrogen-bond acceptors (Lipinski definition) is 3. The molecule has 22 heavy (non-hydrogen) atoms. The van der Waals surface area contributed by atoms with Crippen molar-refractivity contribution < 1.29 is 0 Å². The molecule has 1 N–H and O–H groups in total. The minimum Gasteiger partial charge on any atom is -0.349 e. The lowest BCUT2D eigenvalue weighted by atomic mass is 9.96. The van der Waals surface area contributed by atoms with Gasteiger partial charge in [0.15, 0.2) is 0 Å². The monoisotopic (exact) mass is 307 g/mol. The molecule has 0 saturated carbocycles. The minimum absolute atomic E-state index is 0.540. The van der Waals surface area contributed by atoms with Crippen LogP contribution in [-0.2, 0) is 13.0 Å². The van der Waals surface area contributed by atoms with Crippen LogP contribution in [0.2, 0.25) is 0 Å². The molecule has 3 rings (SSSR count). The van der Waals surface area contributed by atoms with E-state index in [1.807, 2.05) is 42.5 Å². The number of fused-ring (bicyclic) bond motifs is 1. The number of likely N-dealkylation sites (N-methyl/N-ethyl adjacent to an activating group) is 1. The maximum Gasteiger partial charge on any atom is 0.122 e. The van der Waals surface area contributed by atoms with E-state index < -0.39 is 0 Å². The molecule has 0 aliphatic carbocycles. The van der Waals surface area contributed by atoms with Gasteiger partial charge in [0.2, 0.25) is 0 Å². The molecule has 2 aromatic rings. The predicted molar refractivity (Wildman–Crippen MR) is 91.7 cm³/mol. The van der Waals surface area contributed by atoms with Crippen LogP contribution in [0.5, 0.6) is 0 Å². The van der Waals surface area contributed by atoms with Gasteiger partial charge in [0.05, 0.1) is 5.56 Å². The van der Waals surface area contributed by atoms with E-state index in [0.29, 0.717) is 10.2 Å². The Morgan fingerprint density at radius 3 is 2.77 bits per heavy atom. The number of pyridine rings is 1. The normalized spacial score (nSPS) is 14.7. The smallest absolute Gasteiger partial charge is 0.122 e. The fraction of sp³-hybridized carbons (Fsp3) is 0.222. The Bertz CT molecular complexity index is 813. The number of aromatic amines is 1. The third-order valence-corrected chi connectivity index (χ3v) is 4.28. The molecule has 0 saturated heterocycles. The van der Waals surface area contributed by atoms with Crippen LogP contribution in [0.15, 0.2) is 30.3 Å². The molecular formula is C18H17N3S.